The van der Waals surface area contributed by atoms with Crippen molar-refractivity contribution in [2.75, 3.05) is 6.79 Å². The molecular weight excluding hydrogens is 353 g/mol. The molecule has 0 saturated carbocycles. The van der Waals surface area contributed by atoms with E-state index in [1.807, 2.05) is 43.6 Å². The maximum Gasteiger partial charge on any atom is 0.231 e. The molecule has 0 atom stereocenters. The number of hydrogen-bond acceptors (Lipinski definition) is 2. The predicted octanol–water partition coefficient (Wildman–Crippen LogP) is -0.586. The van der Waals surface area contributed by atoms with Gasteiger partial charge in [0.15, 0.2) is 17.7 Å². The van der Waals surface area contributed by atoms with E-state index < -0.39 is 0 Å². The van der Waals surface area contributed by atoms with Crippen LogP contribution >= 0.6 is 0 Å². The standard InChI is InChI=1S/C15H14NO2.HI/c1-16-9-3-2-4-13(16)7-5-12-6-8-14-15(10-12)18-11-17-14;/h2-10H,11H2,1H3;1H/q+1;/p-1/b7-5+;. The molecule has 3 nitrogen and oxygen atoms in total. The average Bonchev–Trinajstić information content (AvgIpc) is 2.85. The number of aryl methyl sites for hydroxylation is 1. The van der Waals surface area contributed by atoms with E-state index in [1.165, 1.54) is 0 Å². The maximum atomic E-state index is 5.35. The van der Waals surface area contributed by atoms with Crippen molar-refractivity contribution in [1.82, 2.24) is 0 Å². The minimum Gasteiger partial charge on any atom is -1.00 e. The van der Waals surface area contributed by atoms with Gasteiger partial charge in [-0.05, 0) is 29.8 Å². The molecule has 2 aromatic rings. The fourth-order valence-corrected chi connectivity index (χ4v) is 1.91. The van der Waals surface area contributed by atoms with Gasteiger partial charge < -0.3 is 33.5 Å². The lowest BCUT2D eigenvalue weighted by atomic mass is 10.1. The highest BCUT2D eigenvalue weighted by Crippen LogP contribution is 2.32. The first kappa shape index (κ1) is 13.9. The van der Waals surface area contributed by atoms with Gasteiger partial charge in [-0.25, -0.2) is 4.57 Å². The molecule has 0 amide bonds. The molecule has 2 heterocycles. The van der Waals surface area contributed by atoms with Gasteiger partial charge in [-0.1, -0.05) is 6.07 Å². The van der Waals surface area contributed by atoms with E-state index in [1.54, 1.807) is 0 Å². The van der Waals surface area contributed by atoms with Crippen LogP contribution in [0.2, 0.25) is 0 Å². The second kappa shape index (κ2) is 6.06. The van der Waals surface area contributed by atoms with E-state index in [0.29, 0.717) is 6.79 Å². The average molecular weight is 367 g/mol. The molecule has 19 heavy (non-hydrogen) atoms. The first-order valence-corrected chi connectivity index (χ1v) is 5.85. The molecule has 1 aliphatic heterocycles. The third-order valence-corrected chi connectivity index (χ3v) is 2.94. The topological polar surface area (TPSA) is 22.3 Å². The van der Waals surface area contributed by atoms with Crippen molar-refractivity contribution in [3.8, 4) is 11.5 Å². The van der Waals surface area contributed by atoms with Gasteiger partial charge in [0.25, 0.3) is 0 Å². The zero-order valence-electron chi connectivity index (χ0n) is 10.5. The molecular formula is C15H14INO2. The Bertz CT molecular complexity index is 611. The molecule has 0 saturated heterocycles. The molecule has 1 aromatic heterocycles. The highest BCUT2D eigenvalue weighted by Gasteiger charge is 2.12. The molecule has 0 radical (unpaired) electrons. The van der Waals surface area contributed by atoms with E-state index in [2.05, 4.69) is 22.8 Å². The highest BCUT2D eigenvalue weighted by molar-refractivity contribution is 5.68. The van der Waals surface area contributed by atoms with Crippen molar-refractivity contribution >= 4 is 12.2 Å². The van der Waals surface area contributed by atoms with Crippen LogP contribution in [0.4, 0.5) is 0 Å². The smallest absolute Gasteiger partial charge is 0.231 e. The van der Waals surface area contributed by atoms with Crippen LogP contribution in [-0.2, 0) is 7.05 Å². The van der Waals surface area contributed by atoms with Gasteiger partial charge in [0.05, 0.1) is 0 Å². The number of nitrogens with zero attached hydrogens (tertiary/aromatic N) is 1. The Morgan fingerprint density at radius 3 is 2.74 bits per heavy atom. The van der Waals surface area contributed by atoms with Crippen molar-refractivity contribution in [2.45, 2.75) is 0 Å². The van der Waals surface area contributed by atoms with E-state index >= 15 is 0 Å². The third kappa shape index (κ3) is 3.07. The summed E-state index contributed by atoms with van der Waals surface area (Å²) in [4.78, 5) is 0. The lowest BCUT2D eigenvalue weighted by molar-refractivity contribution is -0.673. The van der Waals surface area contributed by atoms with Gasteiger partial charge in [0, 0.05) is 18.2 Å². The molecule has 1 aromatic carbocycles. The first-order valence-electron chi connectivity index (χ1n) is 5.85. The number of pyridine rings is 1. The van der Waals surface area contributed by atoms with Crippen LogP contribution in [0.3, 0.4) is 0 Å². The van der Waals surface area contributed by atoms with Crippen LogP contribution in [0.15, 0.2) is 42.6 Å². The summed E-state index contributed by atoms with van der Waals surface area (Å²) in [7, 11) is 2.03. The quantitative estimate of drug-likeness (QED) is 0.524. The summed E-state index contributed by atoms with van der Waals surface area (Å²) >= 11 is 0. The normalized spacial score (nSPS) is 12.5. The Labute approximate surface area is 129 Å². The number of rotatable bonds is 2. The largest absolute Gasteiger partial charge is 1.00 e. The molecule has 0 aliphatic carbocycles. The van der Waals surface area contributed by atoms with E-state index in [-0.39, 0.29) is 24.0 Å². The van der Waals surface area contributed by atoms with Crippen LogP contribution in [0, 0.1) is 0 Å². The highest BCUT2D eigenvalue weighted by atomic mass is 127. The fourth-order valence-electron chi connectivity index (χ4n) is 1.91. The summed E-state index contributed by atoms with van der Waals surface area (Å²) in [6.45, 7) is 0.316. The summed E-state index contributed by atoms with van der Waals surface area (Å²) in [5.41, 5.74) is 2.25. The monoisotopic (exact) mass is 367 g/mol. The summed E-state index contributed by atoms with van der Waals surface area (Å²) in [6.07, 6.45) is 6.17. The van der Waals surface area contributed by atoms with Crippen molar-refractivity contribution < 1.29 is 38.0 Å². The molecule has 1 aliphatic rings. The van der Waals surface area contributed by atoms with Gasteiger partial charge in [0.2, 0.25) is 12.5 Å². The van der Waals surface area contributed by atoms with E-state index in [9.17, 15) is 0 Å². The van der Waals surface area contributed by atoms with Gasteiger partial charge >= 0.3 is 0 Å². The molecule has 0 N–H and O–H groups in total. The second-order valence-corrected chi connectivity index (χ2v) is 4.18. The number of ether oxygens (including phenoxy) is 2. The lowest BCUT2D eigenvalue weighted by Gasteiger charge is -1.97. The Morgan fingerprint density at radius 2 is 1.89 bits per heavy atom. The van der Waals surface area contributed by atoms with Gasteiger partial charge in [0.1, 0.15) is 7.05 Å². The number of halogens is 1. The van der Waals surface area contributed by atoms with Crippen LogP contribution in [-0.4, -0.2) is 6.79 Å². The van der Waals surface area contributed by atoms with Crippen molar-refractivity contribution in [2.24, 2.45) is 7.05 Å². The molecule has 98 valence electrons. The summed E-state index contributed by atoms with van der Waals surface area (Å²) in [5.74, 6) is 1.63. The number of hydrogen-bond donors (Lipinski definition) is 0. The lowest BCUT2D eigenvalue weighted by Crippen LogP contribution is -3.00. The van der Waals surface area contributed by atoms with Crippen molar-refractivity contribution in [1.29, 1.82) is 0 Å². The summed E-state index contributed by atoms with van der Waals surface area (Å²) in [6, 6.07) is 12.1. The van der Waals surface area contributed by atoms with Crippen molar-refractivity contribution in [3.63, 3.8) is 0 Å². The van der Waals surface area contributed by atoms with Crippen molar-refractivity contribution in [3.05, 3.63) is 53.9 Å². The summed E-state index contributed by atoms with van der Waals surface area (Å²) in [5, 5.41) is 0. The zero-order valence-corrected chi connectivity index (χ0v) is 12.7. The Kier molecular flexibility index (Phi) is 4.42. The minimum atomic E-state index is 0. The Hall–Kier alpha value is -1.56. The Morgan fingerprint density at radius 1 is 1.05 bits per heavy atom. The maximum absolute atomic E-state index is 5.35. The minimum absolute atomic E-state index is 0. The van der Waals surface area contributed by atoms with E-state index in [4.69, 9.17) is 9.47 Å². The Balaban J connectivity index is 0.00000133. The summed E-state index contributed by atoms with van der Waals surface area (Å²) < 4.78 is 12.7. The van der Waals surface area contributed by atoms with E-state index in [0.717, 1.165) is 22.8 Å². The van der Waals surface area contributed by atoms with Crippen LogP contribution < -0.4 is 38.0 Å². The fraction of sp³-hybridized carbons (Fsp3) is 0.133. The number of aromatic nitrogens is 1. The molecule has 0 unspecified atom stereocenters. The predicted molar refractivity (Wildman–Crippen MR) is 69.1 cm³/mol. The zero-order chi connectivity index (χ0) is 12.4. The molecule has 0 spiro atoms. The van der Waals surface area contributed by atoms with Crippen LogP contribution in [0.1, 0.15) is 11.3 Å². The van der Waals surface area contributed by atoms with Gasteiger partial charge in [-0.15, -0.1) is 0 Å². The molecule has 4 heteroatoms. The molecule has 0 bridgehead atoms. The first-order chi connectivity index (χ1) is 8.83. The number of fused-ring (bicyclic) bond motifs is 1. The number of benzene rings is 1. The second-order valence-electron chi connectivity index (χ2n) is 4.18. The molecule has 3 rings (SSSR count). The van der Waals surface area contributed by atoms with Crippen LogP contribution in [0.25, 0.3) is 12.2 Å². The SMILES string of the molecule is C[n+]1ccccc1/C=C/c1ccc2c(c1)OCO2.[I-]. The van der Waals surface area contributed by atoms with Crippen LogP contribution in [0.5, 0.6) is 11.5 Å². The third-order valence-electron chi connectivity index (χ3n) is 2.94. The molecule has 0 fully saturated rings. The van der Waals surface area contributed by atoms with Gasteiger partial charge in [-0.3, -0.25) is 0 Å². The van der Waals surface area contributed by atoms with Gasteiger partial charge in [-0.2, -0.15) is 0 Å².